The van der Waals surface area contributed by atoms with E-state index in [1.807, 2.05) is 0 Å². The molecular weight excluding hydrogens is 377 g/mol. The van der Waals surface area contributed by atoms with Gasteiger partial charge < -0.3 is 38.7 Å². The number of halogens is 1. The first-order valence-corrected chi connectivity index (χ1v) is 7.99. The van der Waals surface area contributed by atoms with E-state index in [0.717, 1.165) is 36.7 Å². The van der Waals surface area contributed by atoms with Crippen LogP contribution >= 0.6 is 0 Å². The Bertz CT molecular complexity index is 420. The first-order chi connectivity index (χ1) is 9.17. The second-order valence-corrected chi connectivity index (χ2v) is 7.68. The normalized spacial score (nSPS) is 37.8. The highest BCUT2D eigenvalue weighted by Gasteiger charge is 2.46. The Morgan fingerprint density at radius 2 is 1.57 bits per heavy atom. The van der Waals surface area contributed by atoms with Crippen LogP contribution in [0.1, 0.15) is 52.4 Å². The van der Waals surface area contributed by atoms with Crippen molar-refractivity contribution in [3.05, 3.63) is 0 Å². The van der Waals surface area contributed by atoms with Gasteiger partial charge in [0.15, 0.2) is 0 Å². The summed E-state index contributed by atoms with van der Waals surface area (Å²) in [7, 11) is 4.42. The van der Waals surface area contributed by atoms with Gasteiger partial charge in [-0.1, -0.05) is 25.2 Å². The van der Waals surface area contributed by atoms with Crippen LogP contribution in [0.5, 0.6) is 0 Å². The highest BCUT2D eigenvalue weighted by Crippen LogP contribution is 2.34. The van der Waals surface area contributed by atoms with E-state index in [2.05, 4.69) is 39.8 Å². The standard InChI is InChI=1S/C17H30NO2.HI/c1-14-13-18(3,4)15(2)12-17(14,20)11-10-16(19)8-6-5-7-9-16;/h14-15,19-20H,5-9,12-13H2,1-4H3;1H/q+1;/p-1. The average Bonchev–Trinajstić information content (AvgIpc) is 2.35. The van der Waals surface area contributed by atoms with Gasteiger partial charge in [0.05, 0.1) is 26.7 Å². The summed E-state index contributed by atoms with van der Waals surface area (Å²) in [6, 6.07) is 0.381. The van der Waals surface area contributed by atoms with Crippen LogP contribution in [-0.2, 0) is 0 Å². The van der Waals surface area contributed by atoms with E-state index in [1.54, 1.807) is 0 Å². The van der Waals surface area contributed by atoms with Crippen LogP contribution in [0.25, 0.3) is 0 Å². The minimum atomic E-state index is -0.944. The predicted octanol–water partition coefficient (Wildman–Crippen LogP) is -1.08. The molecule has 122 valence electrons. The Morgan fingerprint density at radius 1 is 1.00 bits per heavy atom. The molecule has 21 heavy (non-hydrogen) atoms. The Morgan fingerprint density at radius 3 is 2.14 bits per heavy atom. The van der Waals surface area contributed by atoms with E-state index < -0.39 is 11.2 Å². The van der Waals surface area contributed by atoms with E-state index in [-0.39, 0.29) is 29.9 Å². The molecule has 1 aliphatic carbocycles. The van der Waals surface area contributed by atoms with Gasteiger partial charge in [-0.05, 0) is 32.6 Å². The van der Waals surface area contributed by atoms with E-state index >= 15 is 0 Å². The first kappa shape index (κ1) is 19.2. The third kappa shape index (κ3) is 4.34. The SMILES string of the molecule is CC1C[N+](C)(C)C(C)CC1(O)C#CC1(O)CCCCC1.[I-]. The Kier molecular flexibility index (Phi) is 6.16. The maximum Gasteiger partial charge on any atom is 0.139 e. The molecule has 0 radical (unpaired) electrons. The smallest absolute Gasteiger partial charge is 0.139 e. The van der Waals surface area contributed by atoms with Gasteiger partial charge in [0.2, 0.25) is 0 Å². The Hall–Kier alpha value is 0.170. The molecule has 1 saturated carbocycles. The molecule has 4 heteroatoms. The van der Waals surface area contributed by atoms with Crippen molar-refractivity contribution in [1.82, 2.24) is 0 Å². The second kappa shape index (κ2) is 6.74. The molecule has 2 fully saturated rings. The highest BCUT2D eigenvalue weighted by molar-refractivity contribution is 5.23. The topological polar surface area (TPSA) is 40.5 Å². The molecule has 0 spiro atoms. The number of quaternary nitrogens is 1. The summed E-state index contributed by atoms with van der Waals surface area (Å²) in [5, 5.41) is 21.4. The summed E-state index contributed by atoms with van der Waals surface area (Å²) in [4.78, 5) is 0. The monoisotopic (exact) mass is 407 g/mol. The number of nitrogens with zero attached hydrogens (tertiary/aromatic N) is 1. The molecule has 3 atom stereocenters. The van der Waals surface area contributed by atoms with Crippen molar-refractivity contribution in [2.75, 3.05) is 20.6 Å². The van der Waals surface area contributed by atoms with Crippen molar-refractivity contribution < 1.29 is 38.7 Å². The molecule has 3 unspecified atom stereocenters. The largest absolute Gasteiger partial charge is 1.00 e. The molecule has 0 amide bonds. The fraction of sp³-hybridized carbons (Fsp3) is 0.882. The molecule has 1 saturated heterocycles. The minimum Gasteiger partial charge on any atom is -1.00 e. The molecular formula is C17H30INO2. The molecule has 3 nitrogen and oxygen atoms in total. The number of likely N-dealkylation sites (tertiary alicyclic amines) is 1. The lowest BCUT2D eigenvalue weighted by Crippen LogP contribution is -3.00. The third-order valence-corrected chi connectivity index (χ3v) is 5.55. The summed E-state index contributed by atoms with van der Waals surface area (Å²) in [5.74, 6) is 6.24. The van der Waals surface area contributed by atoms with Gasteiger partial charge in [-0.3, -0.25) is 0 Å². The quantitative estimate of drug-likeness (QED) is 0.305. The maximum atomic E-state index is 10.9. The molecule has 1 heterocycles. The summed E-state index contributed by atoms with van der Waals surface area (Å²) in [6.45, 7) is 5.17. The van der Waals surface area contributed by atoms with Crippen molar-refractivity contribution in [3.63, 3.8) is 0 Å². The van der Waals surface area contributed by atoms with E-state index in [4.69, 9.17) is 0 Å². The molecule has 2 rings (SSSR count). The summed E-state index contributed by atoms with van der Waals surface area (Å²) < 4.78 is 0.926. The van der Waals surface area contributed by atoms with Crippen LogP contribution in [0.2, 0.25) is 0 Å². The highest BCUT2D eigenvalue weighted by atomic mass is 127. The average molecular weight is 407 g/mol. The zero-order valence-corrected chi connectivity index (χ0v) is 16.0. The summed E-state index contributed by atoms with van der Waals surface area (Å²) in [6.07, 6.45) is 5.46. The summed E-state index contributed by atoms with van der Waals surface area (Å²) >= 11 is 0. The lowest BCUT2D eigenvalue weighted by molar-refractivity contribution is -0.923. The fourth-order valence-corrected chi connectivity index (χ4v) is 3.60. The maximum absolute atomic E-state index is 10.9. The van der Waals surface area contributed by atoms with Crippen molar-refractivity contribution in [2.45, 2.75) is 69.6 Å². The molecule has 0 aromatic rings. The molecule has 0 bridgehead atoms. The first-order valence-electron chi connectivity index (χ1n) is 7.99. The number of rotatable bonds is 0. The lowest BCUT2D eigenvalue weighted by atomic mass is 9.77. The van der Waals surface area contributed by atoms with E-state index in [1.165, 1.54) is 6.42 Å². The van der Waals surface area contributed by atoms with E-state index in [9.17, 15) is 10.2 Å². The Balaban J connectivity index is 0.00000220. The minimum absolute atomic E-state index is 0. The van der Waals surface area contributed by atoms with Crippen LogP contribution in [0.3, 0.4) is 0 Å². The predicted molar refractivity (Wildman–Crippen MR) is 81.0 cm³/mol. The lowest BCUT2D eigenvalue weighted by Gasteiger charge is -2.48. The number of aliphatic hydroxyl groups is 2. The molecule has 2 aliphatic rings. The zero-order chi connectivity index (χ0) is 15.0. The van der Waals surface area contributed by atoms with Gasteiger partial charge in [0.1, 0.15) is 11.2 Å². The molecule has 2 N–H and O–H groups in total. The van der Waals surface area contributed by atoms with Crippen molar-refractivity contribution in [1.29, 1.82) is 0 Å². The van der Waals surface area contributed by atoms with Gasteiger partial charge in [-0.15, -0.1) is 0 Å². The van der Waals surface area contributed by atoms with Gasteiger partial charge >= 0.3 is 0 Å². The fourth-order valence-electron chi connectivity index (χ4n) is 3.60. The van der Waals surface area contributed by atoms with Crippen molar-refractivity contribution >= 4 is 0 Å². The van der Waals surface area contributed by atoms with Crippen molar-refractivity contribution in [3.8, 4) is 11.8 Å². The number of hydrogen-bond donors (Lipinski definition) is 2. The van der Waals surface area contributed by atoms with Crippen LogP contribution < -0.4 is 24.0 Å². The van der Waals surface area contributed by atoms with Gasteiger partial charge in [-0.25, -0.2) is 0 Å². The molecule has 1 aliphatic heterocycles. The molecule has 0 aromatic carbocycles. The van der Waals surface area contributed by atoms with Gasteiger partial charge in [-0.2, -0.15) is 0 Å². The van der Waals surface area contributed by atoms with Crippen LogP contribution in [0.15, 0.2) is 0 Å². The van der Waals surface area contributed by atoms with Gasteiger partial charge in [0, 0.05) is 12.3 Å². The van der Waals surface area contributed by atoms with Gasteiger partial charge in [0.25, 0.3) is 0 Å². The van der Waals surface area contributed by atoms with E-state index in [0.29, 0.717) is 12.5 Å². The summed E-state index contributed by atoms with van der Waals surface area (Å²) in [5.41, 5.74) is -1.81. The zero-order valence-electron chi connectivity index (χ0n) is 13.8. The number of piperidine rings is 1. The molecule has 0 aromatic heterocycles. The van der Waals surface area contributed by atoms with Crippen LogP contribution in [0, 0.1) is 17.8 Å². The number of hydrogen-bond acceptors (Lipinski definition) is 2. The van der Waals surface area contributed by atoms with Crippen LogP contribution in [-0.4, -0.2) is 52.6 Å². The second-order valence-electron chi connectivity index (χ2n) is 7.68. The Labute approximate surface area is 146 Å². The third-order valence-electron chi connectivity index (χ3n) is 5.55. The van der Waals surface area contributed by atoms with Crippen molar-refractivity contribution in [2.24, 2.45) is 5.92 Å². The van der Waals surface area contributed by atoms with Crippen LogP contribution in [0.4, 0.5) is 0 Å².